The number of hydrogen-bond donors (Lipinski definition) is 3. The zero-order valence-corrected chi connectivity index (χ0v) is 27.9. The van der Waals surface area contributed by atoms with Crippen LogP contribution in [-0.2, 0) is 33.5 Å². The predicted octanol–water partition coefficient (Wildman–Crippen LogP) is 2.52. The number of aryl methyl sites for hydroxylation is 1. The number of alkyl carbamates (subject to hydrolysis) is 1. The number of amides is 4. The minimum atomic E-state index is -1.06. The number of nitrogens with one attached hydrogen (secondary N) is 3. The van der Waals surface area contributed by atoms with Crippen molar-refractivity contribution >= 4 is 35.3 Å². The predicted molar refractivity (Wildman–Crippen MR) is 171 cm³/mol. The number of ether oxygens (including phenoxy) is 2. The fourth-order valence-electron chi connectivity index (χ4n) is 6.22. The molecule has 3 aliphatic heterocycles. The van der Waals surface area contributed by atoms with Gasteiger partial charge in [-0.25, -0.2) is 4.79 Å². The van der Waals surface area contributed by atoms with Crippen LogP contribution in [0.15, 0.2) is 29.4 Å². The van der Waals surface area contributed by atoms with Crippen molar-refractivity contribution in [2.45, 2.75) is 115 Å². The summed E-state index contributed by atoms with van der Waals surface area (Å²) in [5.41, 5.74) is 0.902. The molecule has 13 heteroatoms. The van der Waals surface area contributed by atoms with E-state index in [1.807, 2.05) is 58.9 Å². The van der Waals surface area contributed by atoms with Crippen molar-refractivity contribution in [3.05, 3.63) is 35.4 Å². The van der Waals surface area contributed by atoms with E-state index in [1.165, 1.54) is 4.90 Å². The van der Waals surface area contributed by atoms with Gasteiger partial charge in [0.2, 0.25) is 17.6 Å². The highest BCUT2D eigenvalue weighted by atomic mass is 16.7. The number of carbonyl (C=O) groups is 5. The second-order valence-corrected chi connectivity index (χ2v) is 14.3. The summed E-state index contributed by atoms with van der Waals surface area (Å²) in [7, 11) is 0. The van der Waals surface area contributed by atoms with Crippen molar-refractivity contribution in [2.24, 2.45) is 10.6 Å². The van der Waals surface area contributed by atoms with Crippen LogP contribution in [0.2, 0.25) is 0 Å². The van der Waals surface area contributed by atoms with Gasteiger partial charge >= 0.3 is 6.09 Å². The Bertz CT molecular complexity index is 1400. The van der Waals surface area contributed by atoms with E-state index in [-0.39, 0.29) is 32.0 Å². The van der Waals surface area contributed by atoms with Crippen molar-refractivity contribution in [3.8, 4) is 0 Å². The highest BCUT2D eigenvalue weighted by Crippen LogP contribution is 2.40. The van der Waals surface area contributed by atoms with Gasteiger partial charge in [0.15, 0.2) is 5.60 Å². The number of rotatable bonds is 11. The molecule has 3 fully saturated rings. The largest absolute Gasteiger partial charge is 0.444 e. The third kappa shape index (κ3) is 8.30. The lowest BCUT2D eigenvalue weighted by Crippen LogP contribution is -2.59. The molecule has 3 N–H and O–H groups in total. The van der Waals surface area contributed by atoms with E-state index in [4.69, 9.17) is 14.3 Å². The van der Waals surface area contributed by atoms with E-state index >= 15 is 0 Å². The van der Waals surface area contributed by atoms with Crippen molar-refractivity contribution in [1.82, 2.24) is 20.9 Å². The number of ketones is 1. The van der Waals surface area contributed by atoms with Gasteiger partial charge in [0.25, 0.3) is 5.91 Å². The van der Waals surface area contributed by atoms with Crippen LogP contribution in [0.25, 0.3) is 0 Å². The molecule has 256 valence electrons. The second-order valence-electron chi connectivity index (χ2n) is 14.3. The van der Waals surface area contributed by atoms with Gasteiger partial charge in [-0.1, -0.05) is 69.1 Å². The lowest BCUT2D eigenvalue weighted by Gasteiger charge is -2.35. The fourth-order valence-corrected chi connectivity index (χ4v) is 6.22. The minimum Gasteiger partial charge on any atom is -0.444 e. The summed E-state index contributed by atoms with van der Waals surface area (Å²) in [5.74, 6) is -2.51. The molecule has 3 heterocycles. The fraction of sp³-hybridized carbons (Fsp3) is 0.647. The third-order valence-electron chi connectivity index (χ3n) is 9.09. The minimum absolute atomic E-state index is 0.0100. The molecular formula is C34H47N5O8. The third-order valence-corrected chi connectivity index (χ3v) is 9.09. The second kappa shape index (κ2) is 14.0. The zero-order valence-electron chi connectivity index (χ0n) is 27.9. The van der Waals surface area contributed by atoms with Crippen molar-refractivity contribution in [1.29, 1.82) is 0 Å². The first-order valence-electron chi connectivity index (χ1n) is 16.6. The monoisotopic (exact) mass is 653 g/mol. The molecule has 13 nitrogen and oxygen atoms in total. The van der Waals surface area contributed by atoms with Gasteiger partial charge < -0.3 is 35.2 Å². The van der Waals surface area contributed by atoms with Gasteiger partial charge in [0, 0.05) is 25.3 Å². The maximum absolute atomic E-state index is 14.4. The number of nitrogens with zero attached hydrogens (tertiary/aromatic N) is 2. The number of Topliss-reactive ketones (excluding diaryl/α,β-unsaturated/α-hetero) is 1. The van der Waals surface area contributed by atoms with E-state index in [2.05, 4.69) is 21.1 Å². The summed E-state index contributed by atoms with van der Waals surface area (Å²) < 4.78 is 10.8. The molecule has 1 aromatic carbocycles. The van der Waals surface area contributed by atoms with Gasteiger partial charge in [-0.05, 0) is 37.2 Å². The Morgan fingerprint density at radius 2 is 1.81 bits per heavy atom. The lowest BCUT2D eigenvalue weighted by atomic mass is 9.85. The van der Waals surface area contributed by atoms with E-state index in [0.717, 1.165) is 24.0 Å². The molecule has 47 heavy (non-hydrogen) atoms. The molecule has 2 saturated heterocycles. The van der Waals surface area contributed by atoms with Gasteiger partial charge in [0.05, 0.1) is 31.5 Å². The number of carbonyl (C=O) groups excluding carboxylic acids is 5. The molecule has 0 radical (unpaired) electrons. The first-order valence-corrected chi connectivity index (χ1v) is 16.6. The van der Waals surface area contributed by atoms with Crippen LogP contribution in [0, 0.1) is 12.3 Å². The Balaban J connectivity index is 1.38. The number of oxime groups is 1. The summed E-state index contributed by atoms with van der Waals surface area (Å²) in [6, 6.07) is 4.68. The van der Waals surface area contributed by atoms with Gasteiger partial charge in [-0.3, -0.25) is 19.2 Å². The molecule has 0 bridgehead atoms. The average Bonchev–Trinajstić information content (AvgIpc) is 3.37. The Hall–Kier alpha value is -4.00. The van der Waals surface area contributed by atoms with Crippen LogP contribution in [0.1, 0.15) is 83.8 Å². The molecule has 0 unspecified atom stereocenters. The molecule has 1 aliphatic carbocycles. The van der Waals surface area contributed by atoms with E-state index in [1.54, 1.807) is 0 Å². The normalized spacial score (nSPS) is 25.0. The van der Waals surface area contributed by atoms with Crippen LogP contribution < -0.4 is 16.0 Å². The van der Waals surface area contributed by atoms with E-state index in [0.29, 0.717) is 31.6 Å². The lowest BCUT2D eigenvalue weighted by molar-refractivity contribution is -0.144. The molecule has 1 aromatic rings. The Labute approximate surface area is 275 Å². The van der Waals surface area contributed by atoms with E-state index < -0.39 is 64.8 Å². The summed E-state index contributed by atoms with van der Waals surface area (Å²) in [6.45, 7) is 10.1. The van der Waals surface area contributed by atoms with Crippen LogP contribution in [0.3, 0.4) is 0 Å². The van der Waals surface area contributed by atoms with Crippen molar-refractivity contribution < 1.29 is 38.3 Å². The summed E-state index contributed by atoms with van der Waals surface area (Å²) in [5, 5.41) is 12.6. The highest BCUT2D eigenvalue weighted by Gasteiger charge is 2.55. The highest BCUT2D eigenvalue weighted by molar-refractivity contribution is 6.38. The van der Waals surface area contributed by atoms with Crippen molar-refractivity contribution in [3.63, 3.8) is 0 Å². The molecule has 5 atom stereocenters. The van der Waals surface area contributed by atoms with Crippen LogP contribution in [0.5, 0.6) is 0 Å². The Morgan fingerprint density at radius 1 is 1.09 bits per heavy atom. The molecule has 0 aromatic heterocycles. The molecule has 4 amide bonds. The average molecular weight is 654 g/mol. The maximum atomic E-state index is 14.4. The number of likely N-dealkylation sites (tertiary alicyclic amines) is 1. The summed E-state index contributed by atoms with van der Waals surface area (Å²) in [4.78, 5) is 74.6. The number of hydrogen-bond acceptors (Lipinski definition) is 9. The van der Waals surface area contributed by atoms with Crippen molar-refractivity contribution in [2.75, 3.05) is 19.8 Å². The van der Waals surface area contributed by atoms with Gasteiger partial charge in [0.1, 0.15) is 18.2 Å². The Morgan fingerprint density at radius 3 is 2.43 bits per heavy atom. The quantitative estimate of drug-likeness (QED) is 0.307. The smallest absolute Gasteiger partial charge is 0.408 e. The van der Waals surface area contributed by atoms with Crippen LogP contribution >= 0.6 is 0 Å². The molecule has 4 aliphatic rings. The first kappa shape index (κ1) is 34.3. The molecule has 1 saturated carbocycles. The van der Waals surface area contributed by atoms with E-state index in [9.17, 15) is 24.0 Å². The van der Waals surface area contributed by atoms with Crippen LogP contribution in [0.4, 0.5) is 4.79 Å². The first-order chi connectivity index (χ1) is 22.3. The van der Waals surface area contributed by atoms with Gasteiger partial charge in [-0.15, -0.1) is 0 Å². The standard InChI is InChI=1S/C34H47N5O8/c1-6-7-24(27(40)30(42)35-22-12-13-22)36-29(41)26-17-34(16-25(38-47-34)21-10-8-20(2)9-11-21)19-39(26)31(43)28(33(3,4)5)37-32(44)46-23-14-15-45-18-23/h8-11,22-24,26,28H,6-7,12-19H2,1-5H3,(H,35,42)(H,36,41)(H,37,44)/t23-,24-,26-,28+,34+/m0/s1. The van der Waals surface area contributed by atoms with Crippen LogP contribution in [-0.4, -0.2) is 95.8 Å². The summed E-state index contributed by atoms with van der Waals surface area (Å²) in [6.07, 6.45) is 2.31. The molecular weight excluding hydrogens is 606 g/mol. The SMILES string of the molecule is CCC[C@H](NC(=O)[C@@H]1C[C@]2(CC(c3ccc(C)cc3)=NO2)CN1C(=O)[C@@H](NC(=O)O[C@H]1CCOC1)C(C)(C)C)C(=O)C(=O)NC1CC1. The Kier molecular flexibility index (Phi) is 10.2. The maximum Gasteiger partial charge on any atom is 0.408 e. The molecule has 5 rings (SSSR count). The topological polar surface area (TPSA) is 165 Å². The number of benzene rings is 1. The summed E-state index contributed by atoms with van der Waals surface area (Å²) >= 11 is 0. The zero-order chi connectivity index (χ0) is 33.9. The molecule has 1 spiro atoms. The van der Waals surface area contributed by atoms with Gasteiger partial charge in [-0.2, -0.15) is 0 Å².